The number of hydrogen-bond acceptors (Lipinski definition) is 7. The van der Waals surface area contributed by atoms with Crippen molar-refractivity contribution in [3.8, 4) is 0 Å². The summed E-state index contributed by atoms with van der Waals surface area (Å²) in [6, 6.07) is 0. The summed E-state index contributed by atoms with van der Waals surface area (Å²) in [5.41, 5.74) is 3.40. The molecule has 156 valence electrons. The highest BCUT2D eigenvalue weighted by Gasteiger charge is 2.13. The van der Waals surface area contributed by atoms with Crippen LogP contribution in [-0.2, 0) is 11.3 Å². The first-order chi connectivity index (χ1) is 13.0. The van der Waals surface area contributed by atoms with E-state index >= 15 is 0 Å². The number of carbonyl (C=O) groups excluding carboxylic acids is 1. The van der Waals surface area contributed by atoms with Crippen molar-refractivity contribution in [2.75, 3.05) is 34.3 Å². The van der Waals surface area contributed by atoms with E-state index in [2.05, 4.69) is 25.6 Å². The lowest BCUT2D eigenvalue weighted by atomic mass is 10.4. The lowest BCUT2D eigenvalue weighted by molar-refractivity contribution is 0.0957. The molecular weight excluding hydrogens is 511 g/mol. The van der Waals surface area contributed by atoms with Crippen molar-refractivity contribution >= 4 is 58.5 Å². The Balaban J connectivity index is 0.00000392. The summed E-state index contributed by atoms with van der Waals surface area (Å²) in [6.07, 6.45) is -0.00251. The number of hydrogen-bond donors (Lipinski definition) is 2. The normalized spacial score (nSPS) is 12.2. The van der Waals surface area contributed by atoms with Gasteiger partial charge >= 0.3 is 0 Å². The molecule has 0 aromatic carbocycles. The van der Waals surface area contributed by atoms with E-state index in [0.29, 0.717) is 24.5 Å². The van der Waals surface area contributed by atoms with E-state index in [9.17, 15) is 4.79 Å². The van der Waals surface area contributed by atoms with Crippen LogP contribution in [0.4, 0.5) is 0 Å². The Bertz CT molecular complexity index is 779. The molecule has 0 spiro atoms. The third-order valence-corrected chi connectivity index (χ3v) is 5.87. The zero-order valence-corrected chi connectivity index (χ0v) is 20.6. The van der Waals surface area contributed by atoms with Gasteiger partial charge in [-0.25, -0.2) is 9.97 Å². The summed E-state index contributed by atoms with van der Waals surface area (Å²) in [5, 5.41) is 9.13. The van der Waals surface area contributed by atoms with E-state index in [1.54, 1.807) is 31.0 Å². The van der Waals surface area contributed by atoms with Crippen LogP contribution in [0.3, 0.4) is 0 Å². The van der Waals surface area contributed by atoms with Crippen LogP contribution in [0, 0.1) is 6.92 Å². The van der Waals surface area contributed by atoms with E-state index in [1.807, 2.05) is 31.2 Å². The SMILES string of the molecule is CN=C(NCCNC(=O)c1scnc1C)N(C)Cc1csc(C(C)OC)n1.I. The quantitative estimate of drug-likeness (QED) is 0.233. The van der Waals surface area contributed by atoms with Crippen LogP contribution in [0.1, 0.15) is 39.1 Å². The Morgan fingerprint density at radius 2 is 2.07 bits per heavy atom. The molecule has 0 fully saturated rings. The monoisotopic (exact) mass is 538 g/mol. The Morgan fingerprint density at radius 3 is 2.68 bits per heavy atom. The second-order valence-corrected chi connectivity index (χ2v) is 7.65. The summed E-state index contributed by atoms with van der Waals surface area (Å²) < 4.78 is 5.30. The number of ether oxygens (including phenoxy) is 1. The number of guanidine groups is 1. The van der Waals surface area contributed by atoms with Gasteiger partial charge in [-0.05, 0) is 13.8 Å². The minimum absolute atomic E-state index is 0. The molecule has 2 rings (SSSR count). The number of halogens is 1. The standard InChI is InChI=1S/C17H26N6O2S2.HI/c1-11-14(27-10-21-11)15(24)19-6-7-20-17(18-3)23(4)8-13-9-26-16(22-13)12(2)25-5;/h9-10,12H,6-8H2,1-5H3,(H,18,20)(H,19,24);1H. The fraction of sp³-hybridized carbons (Fsp3) is 0.529. The molecule has 0 aliphatic rings. The zero-order valence-electron chi connectivity index (χ0n) is 16.7. The predicted molar refractivity (Wildman–Crippen MR) is 125 cm³/mol. The molecule has 0 aliphatic heterocycles. The molecule has 2 N–H and O–H groups in total. The number of thiazole rings is 2. The molecule has 28 heavy (non-hydrogen) atoms. The number of nitrogens with zero attached hydrogens (tertiary/aromatic N) is 4. The van der Waals surface area contributed by atoms with Crippen molar-refractivity contribution in [3.05, 3.63) is 32.2 Å². The highest BCUT2D eigenvalue weighted by atomic mass is 127. The molecule has 2 aromatic rings. The zero-order chi connectivity index (χ0) is 19.8. The molecule has 0 radical (unpaired) electrons. The summed E-state index contributed by atoms with van der Waals surface area (Å²) in [7, 11) is 5.36. The molecule has 2 aromatic heterocycles. The highest BCUT2D eigenvalue weighted by Crippen LogP contribution is 2.20. The second kappa shape index (κ2) is 12.3. The van der Waals surface area contributed by atoms with E-state index in [1.165, 1.54) is 11.3 Å². The average molecular weight is 538 g/mol. The summed E-state index contributed by atoms with van der Waals surface area (Å²) in [5.74, 6) is 0.648. The first-order valence-electron chi connectivity index (χ1n) is 8.53. The van der Waals surface area contributed by atoms with Crippen molar-refractivity contribution in [3.63, 3.8) is 0 Å². The number of carbonyl (C=O) groups is 1. The lowest BCUT2D eigenvalue weighted by Crippen LogP contribution is -2.42. The van der Waals surface area contributed by atoms with Gasteiger partial charge < -0.3 is 20.3 Å². The summed E-state index contributed by atoms with van der Waals surface area (Å²) >= 11 is 2.94. The maximum absolute atomic E-state index is 12.1. The van der Waals surface area contributed by atoms with Gasteiger partial charge in [-0.3, -0.25) is 9.79 Å². The van der Waals surface area contributed by atoms with Crippen molar-refractivity contribution in [2.24, 2.45) is 4.99 Å². The van der Waals surface area contributed by atoms with Gasteiger partial charge in [0.15, 0.2) is 5.96 Å². The van der Waals surface area contributed by atoms with Crippen LogP contribution < -0.4 is 10.6 Å². The number of aliphatic imine (C=N–C) groups is 1. The van der Waals surface area contributed by atoms with Crippen molar-refractivity contribution in [1.82, 2.24) is 25.5 Å². The van der Waals surface area contributed by atoms with Crippen LogP contribution in [0.15, 0.2) is 15.9 Å². The number of aryl methyl sites for hydroxylation is 1. The van der Waals surface area contributed by atoms with Crippen LogP contribution in [0.5, 0.6) is 0 Å². The van der Waals surface area contributed by atoms with Gasteiger partial charge in [0.1, 0.15) is 16.0 Å². The molecule has 0 saturated heterocycles. The number of methoxy groups -OCH3 is 1. The maximum Gasteiger partial charge on any atom is 0.263 e. The number of amides is 1. The van der Waals surface area contributed by atoms with Gasteiger partial charge in [-0.1, -0.05) is 0 Å². The molecule has 0 bridgehead atoms. The van der Waals surface area contributed by atoms with E-state index < -0.39 is 0 Å². The molecular formula is C17H27IN6O2S2. The fourth-order valence-corrected chi connectivity index (χ4v) is 3.90. The Morgan fingerprint density at radius 1 is 1.36 bits per heavy atom. The minimum atomic E-state index is -0.0950. The van der Waals surface area contributed by atoms with Gasteiger partial charge in [0.25, 0.3) is 5.91 Å². The third-order valence-electron chi connectivity index (χ3n) is 3.89. The molecule has 1 atom stereocenters. The third kappa shape index (κ3) is 6.94. The molecule has 8 nitrogen and oxygen atoms in total. The van der Waals surface area contributed by atoms with Crippen LogP contribution >= 0.6 is 46.7 Å². The Labute approximate surface area is 190 Å². The van der Waals surface area contributed by atoms with Crippen molar-refractivity contribution in [1.29, 1.82) is 0 Å². The van der Waals surface area contributed by atoms with Gasteiger partial charge in [-0.2, -0.15) is 0 Å². The van der Waals surface area contributed by atoms with Crippen molar-refractivity contribution in [2.45, 2.75) is 26.5 Å². The van der Waals surface area contributed by atoms with Crippen LogP contribution in [0.25, 0.3) is 0 Å². The second-order valence-electron chi connectivity index (χ2n) is 5.91. The number of aromatic nitrogens is 2. The van der Waals surface area contributed by atoms with Gasteiger partial charge in [0.2, 0.25) is 0 Å². The van der Waals surface area contributed by atoms with Gasteiger partial charge in [0, 0.05) is 39.7 Å². The maximum atomic E-state index is 12.1. The first kappa shape index (κ1) is 24.7. The smallest absolute Gasteiger partial charge is 0.263 e. The van der Waals surface area contributed by atoms with Crippen LogP contribution in [-0.4, -0.2) is 61.0 Å². The highest BCUT2D eigenvalue weighted by molar-refractivity contribution is 14.0. The van der Waals surface area contributed by atoms with Gasteiger partial charge in [0.05, 0.1) is 23.4 Å². The number of nitrogens with one attached hydrogen (secondary N) is 2. The minimum Gasteiger partial charge on any atom is -0.375 e. The Kier molecular flexibility index (Phi) is 10.9. The largest absolute Gasteiger partial charge is 0.375 e. The molecule has 0 saturated carbocycles. The van der Waals surface area contributed by atoms with E-state index in [4.69, 9.17) is 4.74 Å². The molecule has 11 heteroatoms. The average Bonchev–Trinajstić information content (AvgIpc) is 3.29. The molecule has 0 aliphatic carbocycles. The van der Waals surface area contributed by atoms with Crippen molar-refractivity contribution < 1.29 is 9.53 Å². The molecule has 1 unspecified atom stereocenters. The predicted octanol–water partition coefficient (Wildman–Crippen LogP) is 2.67. The first-order valence-corrected chi connectivity index (χ1v) is 10.3. The van der Waals surface area contributed by atoms with E-state index in [0.717, 1.165) is 22.4 Å². The molecule has 1 amide bonds. The molecule has 2 heterocycles. The lowest BCUT2D eigenvalue weighted by Gasteiger charge is -2.21. The number of rotatable bonds is 8. The summed E-state index contributed by atoms with van der Waals surface area (Å²) in [4.78, 5) is 27.7. The Hall–Kier alpha value is -1.31. The summed E-state index contributed by atoms with van der Waals surface area (Å²) in [6.45, 7) is 5.52. The van der Waals surface area contributed by atoms with Crippen LogP contribution in [0.2, 0.25) is 0 Å². The van der Waals surface area contributed by atoms with Gasteiger partial charge in [-0.15, -0.1) is 46.7 Å². The fourth-order valence-electron chi connectivity index (χ4n) is 2.34. The van der Waals surface area contributed by atoms with E-state index in [-0.39, 0.29) is 36.0 Å². The topological polar surface area (TPSA) is 91.7 Å².